The normalized spacial score (nSPS) is 9.92. The van der Waals surface area contributed by atoms with Crippen molar-refractivity contribution in [2.24, 2.45) is 0 Å². The molecule has 24 heavy (non-hydrogen) atoms. The van der Waals surface area contributed by atoms with E-state index in [1.807, 2.05) is 43.3 Å². The van der Waals surface area contributed by atoms with Gasteiger partial charge >= 0.3 is 0 Å². The zero-order valence-corrected chi connectivity index (χ0v) is 15.4. The first-order chi connectivity index (χ1) is 11.7. The van der Waals surface area contributed by atoms with E-state index in [0.717, 1.165) is 21.5 Å². The van der Waals surface area contributed by atoms with Crippen LogP contribution in [-0.4, -0.2) is 20.3 Å². The smallest absolute Gasteiger partial charge is 0.176 e. The van der Waals surface area contributed by atoms with E-state index in [0.29, 0.717) is 24.7 Å². The molecule has 0 spiro atoms. The predicted octanol–water partition coefficient (Wildman–Crippen LogP) is 4.48. The van der Waals surface area contributed by atoms with Crippen molar-refractivity contribution in [3.05, 3.63) is 46.4 Å². The Bertz CT molecular complexity index is 708. The molecule has 126 valence electrons. The zero-order valence-electron chi connectivity index (χ0n) is 13.8. The average Bonchev–Trinajstić information content (AvgIpc) is 2.60. The highest BCUT2D eigenvalue weighted by atomic mass is 79.9. The van der Waals surface area contributed by atoms with Crippen LogP contribution >= 0.6 is 15.9 Å². The molecular weight excluding hydrogens is 370 g/mol. The van der Waals surface area contributed by atoms with Gasteiger partial charge in [-0.2, -0.15) is 0 Å². The number of anilines is 1. The van der Waals surface area contributed by atoms with Gasteiger partial charge in [-0.3, -0.25) is 0 Å². The second-order valence-corrected chi connectivity index (χ2v) is 5.77. The maximum atomic E-state index is 5.52. The topological polar surface area (TPSA) is 39.7 Å². The van der Waals surface area contributed by atoms with Crippen molar-refractivity contribution in [2.45, 2.75) is 13.5 Å². The number of rotatable bonds is 8. The van der Waals surface area contributed by atoms with Gasteiger partial charge in [0.1, 0.15) is 12.4 Å². The number of ether oxygens (including phenoxy) is 3. The second-order valence-electron chi connectivity index (χ2n) is 4.91. The highest BCUT2D eigenvalue weighted by molar-refractivity contribution is 9.10. The summed E-state index contributed by atoms with van der Waals surface area (Å²) in [6, 6.07) is 11.8. The van der Waals surface area contributed by atoms with Crippen molar-refractivity contribution in [3.8, 4) is 29.6 Å². The number of hydrogen-bond acceptors (Lipinski definition) is 4. The average molecular weight is 390 g/mol. The van der Waals surface area contributed by atoms with Gasteiger partial charge < -0.3 is 19.5 Å². The van der Waals surface area contributed by atoms with Gasteiger partial charge in [-0.25, -0.2) is 0 Å². The highest BCUT2D eigenvalue weighted by Crippen LogP contribution is 2.36. The van der Waals surface area contributed by atoms with E-state index in [1.54, 1.807) is 7.11 Å². The van der Waals surface area contributed by atoms with Crippen LogP contribution in [-0.2, 0) is 6.54 Å². The number of terminal acetylenes is 1. The monoisotopic (exact) mass is 389 g/mol. The van der Waals surface area contributed by atoms with E-state index in [4.69, 9.17) is 20.6 Å². The van der Waals surface area contributed by atoms with Gasteiger partial charge in [0, 0.05) is 12.2 Å². The SMILES string of the molecule is C#CCOc1c(Br)cc(CNc2ccc(OCC)cc2)cc1OC. The van der Waals surface area contributed by atoms with Crippen molar-refractivity contribution in [3.63, 3.8) is 0 Å². The summed E-state index contributed by atoms with van der Waals surface area (Å²) in [7, 11) is 1.61. The molecule has 0 amide bonds. The molecule has 0 saturated heterocycles. The van der Waals surface area contributed by atoms with Crippen LogP contribution in [0.25, 0.3) is 0 Å². The summed E-state index contributed by atoms with van der Waals surface area (Å²) in [4.78, 5) is 0. The van der Waals surface area contributed by atoms with Crippen LogP contribution in [0.5, 0.6) is 17.2 Å². The van der Waals surface area contributed by atoms with Crippen molar-refractivity contribution in [1.82, 2.24) is 0 Å². The van der Waals surface area contributed by atoms with Gasteiger partial charge in [0.2, 0.25) is 0 Å². The number of hydrogen-bond donors (Lipinski definition) is 1. The Labute approximate surface area is 151 Å². The zero-order chi connectivity index (χ0) is 17.4. The Hall–Kier alpha value is -2.32. The van der Waals surface area contributed by atoms with Crippen molar-refractivity contribution in [2.75, 3.05) is 25.6 Å². The summed E-state index contributed by atoms with van der Waals surface area (Å²) in [6.45, 7) is 3.47. The van der Waals surface area contributed by atoms with Crippen molar-refractivity contribution >= 4 is 21.6 Å². The molecule has 0 heterocycles. The minimum absolute atomic E-state index is 0.193. The standard InChI is InChI=1S/C19H20BrNO3/c1-4-10-24-19-17(20)11-14(12-18(19)22-3)13-21-15-6-8-16(9-7-15)23-5-2/h1,6-9,11-12,21H,5,10,13H2,2-3H3. The van der Waals surface area contributed by atoms with Crippen LogP contribution in [0.4, 0.5) is 5.69 Å². The summed E-state index contributed by atoms with van der Waals surface area (Å²) in [5, 5.41) is 3.37. The van der Waals surface area contributed by atoms with E-state index in [-0.39, 0.29) is 6.61 Å². The van der Waals surface area contributed by atoms with Crippen LogP contribution in [0.15, 0.2) is 40.9 Å². The van der Waals surface area contributed by atoms with Crippen LogP contribution in [0, 0.1) is 12.3 Å². The molecule has 0 fully saturated rings. The van der Waals surface area contributed by atoms with Gasteiger partial charge in [-0.15, -0.1) is 6.42 Å². The maximum Gasteiger partial charge on any atom is 0.176 e. The van der Waals surface area contributed by atoms with E-state index in [1.165, 1.54) is 0 Å². The molecule has 0 aliphatic heterocycles. The highest BCUT2D eigenvalue weighted by Gasteiger charge is 2.11. The van der Waals surface area contributed by atoms with Gasteiger partial charge in [-0.05, 0) is 64.8 Å². The summed E-state index contributed by atoms with van der Waals surface area (Å²) < 4.78 is 17.2. The molecule has 2 aromatic rings. The lowest BCUT2D eigenvalue weighted by Crippen LogP contribution is -2.02. The molecule has 0 aliphatic carbocycles. The molecule has 2 aromatic carbocycles. The number of methoxy groups -OCH3 is 1. The van der Waals surface area contributed by atoms with E-state index >= 15 is 0 Å². The Balaban J connectivity index is 2.07. The quantitative estimate of drug-likeness (QED) is 0.675. The van der Waals surface area contributed by atoms with Gasteiger partial charge in [0.15, 0.2) is 11.5 Å². The number of nitrogens with one attached hydrogen (secondary N) is 1. The third kappa shape index (κ3) is 4.84. The van der Waals surface area contributed by atoms with Crippen LogP contribution in [0.1, 0.15) is 12.5 Å². The van der Waals surface area contributed by atoms with Gasteiger partial charge in [-0.1, -0.05) is 5.92 Å². The molecule has 0 unspecified atom stereocenters. The molecule has 4 nitrogen and oxygen atoms in total. The summed E-state index contributed by atoms with van der Waals surface area (Å²) in [5.41, 5.74) is 2.07. The molecule has 0 aromatic heterocycles. The van der Waals surface area contributed by atoms with Crippen LogP contribution < -0.4 is 19.5 Å². The van der Waals surface area contributed by atoms with Crippen molar-refractivity contribution < 1.29 is 14.2 Å². The maximum absolute atomic E-state index is 5.52. The summed E-state index contributed by atoms with van der Waals surface area (Å²) in [6.07, 6.45) is 5.24. The lowest BCUT2D eigenvalue weighted by atomic mass is 10.2. The molecule has 0 saturated carbocycles. The molecule has 1 N–H and O–H groups in total. The molecule has 2 rings (SSSR count). The Morgan fingerprint density at radius 2 is 1.92 bits per heavy atom. The molecule has 0 radical (unpaired) electrons. The summed E-state index contributed by atoms with van der Waals surface area (Å²) >= 11 is 3.50. The van der Waals surface area contributed by atoms with E-state index in [2.05, 4.69) is 27.2 Å². The van der Waals surface area contributed by atoms with Gasteiger partial charge in [0.25, 0.3) is 0 Å². The Morgan fingerprint density at radius 3 is 2.54 bits per heavy atom. The second kappa shape index (κ2) is 9.09. The molecule has 0 aliphatic rings. The minimum atomic E-state index is 0.193. The summed E-state index contributed by atoms with van der Waals surface area (Å²) in [5.74, 6) is 4.56. The first-order valence-electron chi connectivity index (χ1n) is 7.57. The third-order valence-electron chi connectivity index (χ3n) is 3.25. The predicted molar refractivity (Wildman–Crippen MR) is 100.0 cm³/mol. The van der Waals surface area contributed by atoms with Crippen LogP contribution in [0.2, 0.25) is 0 Å². The first kappa shape index (κ1) is 18.0. The minimum Gasteiger partial charge on any atom is -0.494 e. The lowest BCUT2D eigenvalue weighted by molar-refractivity contribution is 0.328. The molecule has 0 bridgehead atoms. The number of benzene rings is 2. The largest absolute Gasteiger partial charge is 0.494 e. The van der Waals surface area contributed by atoms with E-state index in [9.17, 15) is 0 Å². The fourth-order valence-corrected chi connectivity index (χ4v) is 2.77. The van der Waals surface area contributed by atoms with Gasteiger partial charge in [0.05, 0.1) is 18.2 Å². The Kier molecular flexibility index (Phi) is 6.83. The lowest BCUT2D eigenvalue weighted by Gasteiger charge is -2.14. The fraction of sp³-hybridized carbons (Fsp3) is 0.263. The Morgan fingerprint density at radius 1 is 1.17 bits per heavy atom. The van der Waals surface area contributed by atoms with Crippen molar-refractivity contribution in [1.29, 1.82) is 0 Å². The third-order valence-corrected chi connectivity index (χ3v) is 3.84. The van der Waals surface area contributed by atoms with Crippen LogP contribution in [0.3, 0.4) is 0 Å². The number of halogens is 1. The molecular formula is C19H20BrNO3. The fourth-order valence-electron chi connectivity index (χ4n) is 2.17. The molecule has 0 atom stereocenters. The van der Waals surface area contributed by atoms with E-state index < -0.39 is 0 Å². The molecule has 5 heteroatoms. The first-order valence-corrected chi connectivity index (χ1v) is 8.36.